The first-order chi connectivity index (χ1) is 23.2. The van der Waals surface area contributed by atoms with Crippen LogP contribution < -0.4 is 30.7 Å². The van der Waals surface area contributed by atoms with Gasteiger partial charge >= 0.3 is 24.1 Å². The average molecular weight is 751 g/mol. The summed E-state index contributed by atoms with van der Waals surface area (Å²) < 4.78 is 68.6. The zero-order valence-electron chi connectivity index (χ0n) is 27.0. The Morgan fingerprint density at radius 2 is 1.08 bits per heavy atom. The summed E-state index contributed by atoms with van der Waals surface area (Å²) >= 11 is 0. The van der Waals surface area contributed by atoms with Crippen molar-refractivity contribution in [2.24, 2.45) is 0 Å². The molecule has 0 aliphatic rings. The van der Waals surface area contributed by atoms with E-state index in [1.54, 1.807) is 24.3 Å². The van der Waals surface area contributed by atoms with Crippen LogP contribution in [0.2, 0.25) is 0 Å². The van der Waals surface area contributed by atoms with Gasteiger partial charge in [-0.15, -0.1) is 0 Å². The largest absolute Gasteiger partial charge is 0.481 e. The number of carbonyl (C=O) groups excluding carboxylic acids is 3. The molecule has 22 heteroatoms. The van der Waals surface area contributed by atoms with E-state index in [1.807, 2.05) is 0 Å². The minimum Gasteiger partial charge on any atom is -0.481 e. The molecule has 2 aromatic carbocycles. The molecule has 0 spiro atoms. The number of ketones is 1. The van der Waals surface area contributed by atoms with Gasteiger partial charge in [-0.1, -0.05) is 24.3 Å². The van der Waals surface area contributed by atoms with Crippen LogP contribution in [0.1, 0.15) is 30.3 Å². The maximum atomic E-state index is 12.6. The molecule has 1 aromatic heterocycles. The van der Waals surface area contributed by atoms with Crippen molar-refractivity contribution in [2.75, 3.05) is 51.8 Å². The van der Waals surface area contributed by atoms with E-state index in [2.05, 4.69) is 21.3 Å². The summed E-state index contributed by atoms with van der Waals surface area (Å²) in [6.07, 6.45) is -0.279. The molecule has 0 saturated carbocycles. The Kier molecular flexibility index (Phi) is 17.8. The number of benzene rings is 2. The zero-order chi connectivity index (χ0) is 38.1. The molecule has 50 heavy (non-hydrogen) atoms. The fourth-order valence-corrected chi connectivity index (χ4v) is 3.66. The molecular weight excluding hydrogens is 712 g/mol. The van der Waals surface area contributed by atoms with E-state index in [0.29, 0.717) is 36.4 Å². The lowest BCUT2D eigenvalue weighted by Crippen LogP contribution is -2.34. The van der Waals surface area contributed by atoms with Crippen molar-refractivity contribution in [1.82, 2.24) is 21.3 Å². The molecule has 278 valence electrons. The van der Waals surface area contributed by atoms with Crippen LogP contribution in [-0.2, 0) is 29.8 Å². The number of rotatable bonds is 15. The van der Waals surface area contributed by atoms with E-state index in [4.69, 9.17) is 33.2 Å². The SMILES string of the molecule is CC(=O)c1cc2c(OC(=O)NCCNCCC(=O)O)c3ccccc3c(OC(=O)NCCNCCC(=O)O)c2o1.CS(=O)(=O)O.CS(=O)(=O)O. The number of carboxylic acid groups (broad SMARTS) is 2. The fraction of sp³-hybridized carbons (Fsp3) is 0.393. The van der Waals surface area contributed by atoms with Crippen molar-refractivity contribution in [2.45, 2.75) is 19.8 Å². The number of carboxylic acids is 2. The topological polar surface area (TPSA) is 314 Å². The number of furan rings is 1. The summed E-state index contributed by atoms with van der Waals surface area (Å²) in [5.74, 6) is -2.19. The van der Waals surface area contributed by atoms with Gasteiger partial charge < -0.3 is 45.4 Å². The maximum absolute atomic E-state index is 12.6. The quantitative estimate of drug-likeness (QED) is 0.0612. The van der Waals surface area contributed by atoms with Gasteiger partial charge in [-0.3, -0.25) is 23.5 Å². The lowest BCUT2D eigenvalue weighted by Gasteiger charge is -2.14. The third kappa shape index (κ3) is 18.6. The molecule has 0 unspecified atom stereocenters. The predicted octanol–water partition coefficient (Wildman–Crippen LogP) is 1.10. The highest BCUT2D eigenvalue weighted by Gasteiger charge is 2.24. The Morgan fingerprint density at radius 3 is 1.48 bits per heavy atom. The minimum atomic E-state index is -3.67. The summed E-state index contributed by atoms with van der Waals surface area (Å²) in [6.45, 7) is 2.73. The molecule has 20 nitrogen and oxygen atoms in total. The Balaban J connectivity index is 0.00000109. The number of ether oxygens (including phenoxy) is 2. The number of carbonyl (C=O) groups is 5. The van der Waals surface area contributed by atoms with Gasteiger partial charge in [0, 0.05) is 57.0 Å². The van der Waals surface area contributed by atoms with E-state index in [0.717, 1.165) is 0 Å². The normalized spacial score (nSPS) is 11.0. The summed E-state index contributed by atoms with van der Waals surface area (Å²) in [7, 11) is -7.33. The molecule has 0 atom stereocenters. The van der Waals surface area contributed by atoms with Crippen LogP contribution in [0.5, 0.6) is 11.5 Å². The molecule has 2 amide bonds. The maximum Gasteiger partial charge on any atom is 0.412 e. The van der Waals surface area contributed by atoms with Gasteiger partial charge in [-0.25, -0.2) is 9.59 Å². The van der Waals surface area contributed by atoms with Crippen molar-refractivity contribution in [3.63, 3.8) is 0 Å². The smallest absolute Gasteiger partial charge is 0.412 e. The summed E-state index contributed by atoms with van der Waals surface area (Å²) in [6, 6.07) is 8.08. The van der Waals surface area contributed by atoms with Crippen molar-refractivity contribution in [3.8, 4) is 11.5 Å². The molecule has 0 aliphatic carbocycles. The van der Waals surface area contributed by atoms with Crippen molar-refractivity contribution in [3.05, 3.63) is 36.1 Å². The molecule has 1 heterocycles. The first-order valence-electron chi connectivity index (χ1n) is 14.3. The van der Waals surface area contributed by atoms with Gasteiger partial charge in [0.25, 0.3) is 20.2 Å². The first-order valence-corrected chi connectivity index (χ1v) is 18.0. The summed E-state index contributed by atoms with van der Waals surface area (Å²) in [5, 5.41) is 29.3. The molecule has 0 saturated heterocycles. The Labute approximate surface area is 286 Å². The van der Waals surface area contributed by atoms with Crippen LogP contribution in [0.15, 0.2) is 34.7 Å². The number of nitrogens with one attached hydrogen (secondary N) is 4. The van der Waals surface area contributed by atoms with E-state index in [9.17, 15) is 40.8 Å². The highest BCUT2D eigenvalue weighted by atomic mass is 32.2. The second-order valence-corrected chi connectivity index (χ2v) is 12.9. The van der Waals surface area contributed by atoms with Crippen LogP contribution in [0.3, 0.4) is 0 Å². The molecule has 3 aromatic rings. The van der Waals surface area contributed by atoms with Crippen LogP contribution in [0, 0.1) is 0 Å². The number of amides is 2. The van der Waals surface area contributed by atoms with E-state index >= 15 is 0 Å². The minimum absolute atomic E-state index is 0.0184. The number of hydrogen-bond donors (Lipinski definition) is 8. The number of fused-ring (bicyclic) bond motifs is 2. The number of hydrogen-bond acceptors (Lipinski definition) is 14. The number of aliphatic carboxylic acids is 2. The van der Waals surface area contributed by atoms with E-state index in [-0.39, 0.29) is 67.2 Å². The Hall–Kier alpha value is -4.87. The summed E-state index contributed by atoms with van der Waals surface area (Å²) in [4.78, 5) is 58.4. The zero-order valence-corrected chi connectivity index (χ0v) is 28.7. The van der Waals surface area contributed by atoms with Gasteiger partial charge in [0.15, 0.2) is 28.6 Å². The lowest BCUT2D eigenvalue weighted by atomic mass is 10.1. The fourth-order valence-electron chi connectivity index (χ4n) is 3.66. The van der Waals surface area contributed by atoms with Crippen molar-refractivity contribution < 1.29 is 74.0 Å². The van der Waals surface area contributed by atoms with Gasteiger partial charge in [0.05, 0.1) is 30.7 Å². The molecular formula is C28H38N4O16S2. The molecule has 8 N–H and O–H groups in total. The molecule has 0 aliphatic heterocycles. The van der Waals surface area contributed by atoms with Gasteiger partial charge in [-0.05, 0) is 6.07 Å². The van der Waals surface area contributed by atoms with E-state index in [1.165, 1.54) is 13.0 Å². The average Bonchev–Trinajstić information content (AvgIpc) is 3.42. The highest BCUT2D eigenvalue weighted by molar-refractivity contribution is 7.85. The van der Waals surface area contributed by atoms with E-state index < -0.39 is 50.1 Å². The Bertz CT molecular complexity index is 1730. The second kappa shape index (κ2) is 20.6. The van der Waals surface area contributed by atoms with Crippen molar-refractivity contribution >= 4 is 71.9 Å². The van der Waals surface area contributed by atoms with Crippen molar-refractivity contribution in [1.29, 1.82) is 0 Å². The van der Waals surface area contributed by atoms with Gasteiger partial charge in [0.2, 0.25) is 0 Å². The third-order valence-electron chi connectivity index (χ3n) is 5.51. The molecule has 0 fully saturated rings. The first kappa shape index (κ1) is 43.2. The monoisotopic (exact) mass is 750 g/mol. The molecule has 0 bridgehead atoms. The molecule has 3 rings (SSSR count). The van der Waals surface area contributed by atoms with Gasteiger partial charge in [-0.2, -0.15) is 16.8 Å². The Morgan fingerprint density at radius 1 is 0.680 bits per heavy atom. The van der Waals surface area contributed by atoms with Crippen LogP contribution in [-0.4, -0.2) is 118 Å². The van der Waals surface area contributed by atoms with Crippen LogP contribution in [0.4, 0.5) is 9.59 Å². The molecule has 0 radical (unpaired) electrons. The van der Waals surface area contributed by atoms with Crippen LogP contribution >= 0.6 is 0 Å². The summed E-state index contributed by atoms with van der Waals surface area (Å²) in [5.41, 5.74) is 0.0248. The second-order valence-electron chi connectivity index (χ2n) is 10.00. The predicted molar refractivity (Wildman–Crippen MR) is 177 cm³/mol. The number of Topliss-reactive ketones (excluding diaryl/α,β-unsaturated/α-hetero) is 1. The standard InChI is InChI=1S/C26H30N4O10.2CH4O3S/c1-15(31)19-14-18-22(39-25(36)29-12-10-27-8-6-20(32)33)16-4-2-3-5-17(16)23(24(18)38-19)40-26(37)30-13-11-28-9-7-21(34)35;2*1-5(2,3)4/h2-5,14,27-28H,6-13H2,1H3,(H,29,36)(H,30,37)(H,32,33)(H,34,35);2*1H3,(H,2,3,4). The third-order valence-corrected chi connectivity index (χ3v) is 5.51. The highest BCUT2D eigenvalue weighted by Crippen LogP contribution is 2.44. The van der Waals surface area contributed by atoms with Crippen LogP contribution in [0.25, 0.3) is 21.7 Å². The van der Waals surface area contributed by atoms with Gasteiger partial charge in [0.1, 0.15) is 0 Å². The lowest BCUT2D eigenvalue weighted by molar-refractivity contribution is -0.137.